The largest absolute Gasteiger partial charge is 0.394 e. The van der Waals surface area contributed by atoms with Crippen molar-refractivity contribution in [3.05, 3.63) is 65.2 Å². The lowest BCUT2D eigenvalue weighted by Gasteiger charge is -2.13. The highest BCUT2D eigenvalue weighted by atomic mass is 16.5. The SMILES string of the molecule is C/C(=C\c1ccc(N(C)C)cc1)c1ccc([C@H]2CC(O)[C@@H](CO)O2)cc1. The first-order valence-corrected chi connectivity index (χ1v) is 8.98. The van der Waals surface area contributed by atoms with E-state index >= 15 is 0 Å². The molecular formula is C22H27NO3. The van der Waals surface area contributed by atoms with Gasteiger partial charge in [0.05, 0.1) is 18.8 Å². The second-order valence-corrected chi connectivity index (χ2v) is 7.08. The Balaban J connectivity index is 1.71. The first kappa shape index (κ1) is 18.6. The van der Waals surface area contributed by atoms with E-state index < -0.39 is 12.2 Å². The van der Waals surface area contributed by atoms with Crippen LogP contribution in [0.25, 0.3) is 11.6 Å². The monoisotopic (exact) mass is 353 g/mol. The number of nitrogens with zero attached hydrogens (tertiary/aromatic N) is 1. The highest BCUT2D eigenvalue weighted by Crippen LogP contribution is 2.33. The molecule has 2 aromatic carbocycles. The molecule has 3 rings (SSSR count). The molecule has 1 aliphatic heterocycles. The van der Waals surface area contributed by atoms with Gasteiger partial charge in [0.2, 0.25) is 0 Å². The molecule has 0 aliphatic carbocycles. The number of rotatable bonds is 5. The van der Waals surface area contributed by atoms with Crippen LogP contribution in [-0.4, -0.2) is 43.1 Å². The summed E-state index contributed by atoms with van der Waals surface area (Å²) in [4.78, 5) is 2.09. The van der Waals surface area contributed by atoms with Crippen molar-refractivity contribution in [1.82, 2.24) is 0 Å². The number of anilines is 1. The van der Waals surface area contributed by atoms with Gasteiger partial charge >= 0.3 is 0 Å². The van der Waals surface area contributed by atoms with Gasteiger partial charge in [-0.3, -0.25) is 0 Å². The third-order valence-electron chi connectivity index (χ3n) is 4.93. The van der Waals surface area contributed by atoms with Crippen LogP contribution in [-0.2, 0) is 4.74 Å². The standard InChI is InChI=1S/C22H27NO3/c1-15(12-16-4-10-19(11-5-16)23(2)3)17-6-8-18(9-7-17)21-13-20(25)22(14-24)26-21/h4-12,20-22,24-25H,13-14H2,1-3H3/b15-12+/t20?,21-,22-/m1/s1. The Kier molecular flexibility index (Phi) is 5.77. The van der Waals surface area contributed by atoms with Crippen LogP contribution in [0.3, 0.4) is 0 Å². The molecule has 1 unspecified atom stereocenters. The van der Waals surface area contributed by atoms with E-state index in [0.717, 1.165) is 11.1 Å². The van der Waals surface area contributed by atoms with Gasteiger partial charge in [-0.1, -0.05) is 42.5 Å². The molecule has 138 valence electrons. The molecule has 0 bridgehead atoms. The molecule has 3 atom stereocenters. The van der Waals surface area contributed by atoms with Gasteiger partial charge in [0.15, 0.2) is 0 Å². The number of hydrogen-bond acceptors (Lipinski definition) is 4. The van der Waals surface area contributed by atoms with Crippen LogP contribution in [0.5, 0.6) is 0 Å². The highest BCUT2D eigenvalue weighted by Gasteiger charge is 2.34. The zero-order valence-corrected chi connectivity index (χ0v) is 15.6. The number of ether oxygens (including phenoxy) is 1. The Morgan fingerprint density at radius 2 is 1.77 bits per heavy atom. The van der Waals surface area contributed by atoms with Gasteiger partial charge in [0.1, 0.15) is 6.10 Å². The van der Waals surface area contributed by atoms with Crippen molar-refractivity contribution in [2.24, 2.45) is 0 Å². The van der Waals surface area contributed by atoms with E-state index in [-0.39, 0.29) is 12.7 Å². The van der Waals surface area contributed by atoms with Crippen LogP contribution >= 0.6 is 0 Å². The summed E-state index contributed by atoms with van der Waals surface area (Å²) in [6.07, 6.45) is 1.46. The number of aliphatic hydroxyl groups excluding tert-OH is 2. The average Bonchev–Trinajstić information content (AvgIpc) is 3.03. The van der Waals surface area contributed by atoms with Crippen molar-refractivity contribution in [3.63, 3.8) is 0 Å². The van der Waals surface area contributed by atoms with E-state index in [4.69, 9.17) is 4.74 Å². The Morgan fingerprint density at radius 3 is 2.31 bits per heavy atom. The first-order chi connectivity index (χ1) is 12.5. The number of allylic oxidation sites excluding steroid dienone is 1. The van der Waals surface area contributed by atoms with Gasteiger partial charge in [-0.25, -0.2) is 0 Å². The summed E-state index contributed by atoms with van der Waals surface area (Å²) in [6, 6.07) is 16.7. The molecule has 0 spiro atoms. The zero-order valence-electron chi connectivity index (χ0n) is 15.6. The molecule has 26 heavy (non-hydrogen) atoms. The van der Waals surface area contributed by atoms with E-state index in [1.54, 1.807) is 0 Å². The fraction of sp³-hybridized carbons (Fsp3) is 0.364. The molecule has 0 aromatic heterocycles. The number of hydrogen-bond donors (Lipinski definition) is 2. The lowest BCUT2D eigenvalue weighted by atomic mass is 9.99. The molecule has 2 N–H and O–H groups in total. The van der Waals surface area contributed by atoms with Gasteiger partial charge in [-0.2, -0.15) is 0 Å². The van der Waals surface area contributed by atoms with Crippen LogP contribution < -0.4 is 4.90 Å². The summed E-state index contributed by atoms with van der Waals surface area (Å²) in [5.41, 5.74) is 5.73. The fourth-order valence-corrected chi connectivity index (χ4v) is 3.27. The molecule has 1 heterocycles. The smallest absolute Gasteiger partial charge is 0.107 e. The van der Waals surface area contributed by atoms with E-state index in [1.807, 2.05) is 26.2 Å². The summed E-state index contributed by atoms with van der Waals surface area (Å²) < 4.78 is 5.72. The van der Waals surface area contributed by atoms with Crippen molar-refractivity contribution in [2.45, 2.75) is 31.7 Å². The minimum Gasteiger partial charge on any atom is -0.394 e. The van der Waals surface area contributed by atoms with E-state index in [9.17, 15) is 10.2 Å². The number of benzene rings is 2. The minimum absolute atomic E-state index is 0.149. The average molecular weight is 353 g/mol. The molecule has 0 radical (unpaired) electrons. The van der Waals surface area contributed by atoms with Crippen LogP contribution in [0.4, 0.5) is 5.69 Å². The quantitative estimate of drug-likeness (QED) is 0.808. The maximum absolute atomic E-state index is 9.88. The van der Waals surface area contributed by atoms with Crippen molar-refractivity contribution in [2.75, 3.05) is 25.6 Å². The maximum atomic E-state index is 9.88. The third kappa shape index (κ3) is 4.15. The fourth-order valence-electron chi connectivity index (χ4n) is 3.27. The lowest BCUT2D eigenvalue weighted by molar-refractivity contribution is -0.0225. The second-order valence-electron chi connectivity index (χ2n) is 7.08. The Labute approximate surface area is 155 Å². The summed E-state index contributed by atoms with van der Waals surface area (Å²) in [5.74, 6) is 0. The molecular weight excluding hydrogens is 326 g/mol. The van der Waals surface area contributed by atoms with Crippen molar-refractivity contribution in [1.29, 1.82) is 0 Å². The molecule has 4 heteroatoms. The Morgan fingerprint density at radius 1 is 1.12 bits per heavy atom. The predicted octanol–water partition coefficient (Wildman–Crippen LogP) is 3.50. The first-order valence-electron chi connectivity index (χ1n) is 8.98. The second kappa shape index (κ2) is 8.04. The van der Waals surface area contributed by atoms with Gasteiger partial charge in [0, 0.05) is 26.2 Å². The minimum atomic E-state index is -0.601. The van der Waals surface area contributed by atoms with Crippen LogP contribution in [0.2, 0.25) is 0 Å². The molecule has 4 nitrogen and oxygen atoms in total. The van der Waals surface area contributed by atoms with Crippen LogP contribution in [0.1, 0.15) is 36.1 Å². The normalized spacial score (nSPS) is 23.3. The van der Waals surface area contributed by atoms with E-state index in [1.165, 1.54) is 16.8 Å². The Hall–Kier alpha value is -2.14. The molecule has 1 saturated heterocycles. The summed E-state index contributed by atoms with van der Waals surface area (Å²) in [7, 11) is 4.07. The maximum Gasteiger partial charge on any atom is 0.107 e. The van der Waals surface area contributed by atoms with Crippen molar-refractivity contribution < 1.29 is 14.9 Å². The summed E-state index contributed by atoms with van der Waals surface area (Å²) >= 11 is 0. The van der Waals surface area contributed by atoms with Gasteiger partial charge in [-0.15, -0.1) is 0 Å². The summed E-state index contributed by atoms with van der Waals surface area (Å²) in [5, 5.41) is 19.1. The van der Waals surface area contributed by atoms with Gasteiger partial charge < -0.3 is 19.8 Å². The number of aliphatic hydroxyl groups is 2. The summed E-state index contributed by atoms with van der Waals surface area (Å²) in [6.45, 7) is 1.96. The van der Waals surface area contributed by atoms with Gasteiger partial charge in [0.25, 0.3) is 0 Å². The topological polar surface area (TPSA) is 52.9 Å². The van der Waals surface area contributed by atoms with Crippen molar-refractivity contribution in [3.8, 4) is 0 Å². The Bertz CT molecular complexity index is 750. The van der Waals surface area contributed by atoms with E-state index in [0.29, 0.717) is 6.42 Å². The van der Waals surface area contributed by atoms with Crippen LogP contribution in [0, 0.1) is 0 Å². The lowest BCUT2D eigenvalue weighted by Crippen LogP contribution is -2.24. The van der Waals surface area contributed by atoms with E-state index in [2.05, 4.69) is 54.3 Å². The van der Waals surface area contributed by atoms with Gasteiger partial charge in [-0.05, 0) is 41.3 Å². The predicted molar refractivity (Wildman–Crippen MR) is 106 cm³/mol. The zero-order chi connectivity index (χ0) is 18.7. The third-order valence-corrected chi connectivity index (χ3v) is 4.93. The highest BCUT2D eigenvalue weighted by molar-refractivity contribution is 5.80. The molecule has 1 aliphatic rings. The van der Waals surface area contributed by atoms with Crippen LogP contribution in [0.15, 0.2) is 48.5 Å². The molecule has 0 amide bonds. The molecule has 1 fully saturated rings. The molecule has 2 aromatic rings. The molecule has 0 saturated carbocycles. The van der Waals surface area contributed by atoms with Crippen molar-refractivity contribution >= 4 is 17.3 Å².